The molecule has 27 heavy (non-hydrogen) atoms. The van der Waals surface area contributed by atoms with Gasteiger partial charge in [0.25, 0.3) is 0 Å². The predicted molar refractivity (Wildman–Crippen MR) is 111 cm³/mol. The van der Waals surface area contributed by atoms with Crippen molar-refractivity contribution in [3.05, 3.63) is 66.2 Å². The molecule has 0 N–H and O–H groups in total. The van der Waals surface area contributed by atoms with Gasteiger partial charge in [0.05, 0.1) is 13.1 Å². The molecule has 0 saturated heterocycles. The fourth-order valence-corrected chi connectivity index (χ4v) is 4.32. The summed E-state index contributed by atoms with van der Waals surface area (Å²) in [5, 5.41) is 0. The van der Waals surface area contributed by atoms with Gasteiger partial charge in [0.15, 0.2) is 0 Å². The van der Waals surface area contributed by atoms with Crippen molar-refractivity contribution in [2.75, 3.05) is 26.2 Å². The van der Waals surface area contributed by atoms with Crippen LogP contribution in [-0.4, -0.2) is 42.5 Å². The minimum Gasteiger partial charge on any atom is -0.487 e. The number of quaternary nitrogens is 1. The molecule has 0 aromatic heterocycles. The number of ketones is 1. The average molecular weight is 365 g/mol. The van der Waals surface area contributed by atoms with Crippen molar-refractivity contribution in [2.45, 2.75) is 33.2 Å². The quantitative estimate of drug-likeness (QED) is 0.408. The summed E-state index contributed by atoms with van der Waals surface area (Å²) in [5.41, 5.74) is 5.24. The molecule has 1 aliphatic carbocycles. The minimum atomic E-state index is -0.0909. The Balaban J connectivity index is 1.74. The highest BCUT2D eigenvalue weighted by Crippen LogP contribution is 2.40. The van der Waals surface area contributed by atoms with Crippen LogP contribution in [0.2, 0.25) is 0 Å². The van der Waals surface area contributed by atoms with E-state index < -0.39 is 0 Å². The lowest BCUT2D eigenvalue weighted by atomic mass is 10.1. The monoisotopic (exact) mass is 364 g/mol. The molecule has 142 valence electrons. The minimum absolute atomic E-state index is 0.0909. The molecule has 0 spiro atoms. The highest BCUT2D eigenvalue weighted by Gasteiger charge is 2.34. The Kier molecular flexibility index (Phi) is 5.81. The van der Waals surface area contributed by atoms with E-state index in [1.54, 1.807) is 0 Å². The molecule has 1 unspecified atom stereocenters. The first-order chi connectivity index (χ1) is 13.1. The normalized spacial score (nSPS) is 13.6. The van der Waals surface area contributed by atoms with E-state index in [1.807, 2.05) is 6.92 Å². The van der Waals surface area contributed by atoms with Crippen molar-refractivity contribution < 1.29 is 14.0 Å². The van der Waals surface area contributed by atoms with E-state index in [1.165, 1.54) is 28.3 Å². The Morgan fingerprint density at radius 2 is 1.85 bits per heavy atom. The van der Waals surface area contributed by atoms with Crippen LogP contribution in [0.4, 0.5) is 0 Å². The number of hydrogen-bond acceptors (Lipinski definition) is 2. The van der Waals surface area contributed by atoms with E-state index in [2.05, 4.69) is 62.9 Å². The van der Waals surface area contributed by atoms with Gasteiger partial charge in [0.2, 0.25) is 5.78 Å². The van der Waals surface area contributed by atoms with Crippen molar-refractivity contribution in [2.24, 2.45) is 0 Å². The summed E-state index contributed by atoms with van der Waals surface area (Å²) in [6, 6.07) is 14.8. The Morgan fingerprint density at radius 3 is 2.56 bits per heavy atom. The predicted octanol–water partition coefficient (Wildman–Crippen LogP) is 4.64. The molecule has 1 aliphatic rings. The molecule has 0 heterocycles. The van der Waals surface area contributed by atoms with Gasteiger partial charge in [-0.1, -0.05) is 43.0 Å². The SMILES string of the molecule is C=CC(=O)C(C)[N+](CC)(CC)CCOc1cccc2c1Cc1ccccc1-2. The highest BCUT2D eigenvalue weighted by molar-refractivity contribution is 5.92. The van der Waals surface area contributed by atoms with Crippen LogP contribution in [0.25, 0.3) is 11.1 Å². The second kappa shape index (κ2) is 8.10. The third kappa shape index (κ3) is 3.57. The van der Waals surface area contributed by atoms with E-state index in [0.29, 0.717) is 6.61 Å². The maximum absolute atomic E-state index is 12.2. The average Bonchev–Trinajstić information content (AvgIpc) is 3.10. The number of carbonyl (C=O) groups is 1. The van der Waals surface area contributed by atoms with Crippen LogP contribution in [0.3, 0.4) is 0 Å². The zero-order valence-corrected chi connectivity index (χ0v) is 16.7. The fraction of sp³-hybridized carbons (Fsp3) is 0.375. The number of likely N-dealkylation sites (N-methyl/N-ethyl adjacent to an activating group) is 1. The molecule has 3 rings (SSSR count). The standard InChI is InChI=1S/C24H30NO2/c1-5-23(26)18(4)25(6-2,7-3)15-16-27-24-14-10-13-21-20-12-9-8-11-19(20)17-22(21)24/h5,8-14,18H,1,6-7,15-17H2,2-4H3/q+1. The summed E-state index contributed by atoms with van der Waals surface area (Å²) in [5.74, 6) is 1.08. The Bertz CT molecular complexity index is 836. The molecule has 0 amide bonds. The van der Waals surface area contributed by atoms with E-state index in [0.717, 1.165) is 36.3 Å². The van der Waals surface area contributed by atoms with Crippen LogP contribution in [-0.2, 0) is 11.2 Å². The van der Waals surface area contributed by atoms with E-state index in [9.17, 15) is 4.79 Å². The molecule has 2 aromatic carbocycles. The molecule has 1 atom stereocenters. The molecule has 0 aliphatic heterocycles. The lowest BCUT2D eigenvalue weighted by Gasteiger charge is -2.41. The van der Waals surface area contributed by atoms with Crippen LogP contribution in [0.5, 0.6) is 5.75 Å². The summed E-state index contributed by atoms with van der Waals surface area (Å²) < 4.78 is 6.97. The molecule has 3 heteroatoms. The second-order valence-corrected chi connectivity index (χ2v) is 7.32. The number of nitrogens with zero attached hydrogens (tertiary/aromatic N) is 1. The Morgan fingerprint density at radius 1 is 1.15 bits per heavy atom. The van der Waals surface area contributed by atoms with Crippen LogP contribution >= 0.6 is 0 Å². The lowest BCUT2D eigenvalue weighted by Crippen LogP contribution is -2.58. The van der Waals surface area contributed by atoms with E-state index >= 15 is 0 Å². The number of ether oxygens (including phenoxy) is 1. The summed E-state index contributed by atoms with van der Waals surface area (Å²) in [6.07, 6.45) is 2.37. The maximum atomic E-state index is 12.2. The summed E-state index contributed by atoms with van der Waals surface area (Å²) >= 11 is 0. The number of benzene rings is 2. The largest absolute Gasteiger partial charge is 0.487 e. The number of rotatable bonds is 9. The third-order valence-corrected chi connectivity index (χ3v) is 6.30. The van der Waals surface area contributed by atoms with Crippen molar-refractivity contribution in [1.82, 2.24) is 0 Å². The van der Waals surface area contributed by atoms with Gasteiger partial charge < -0.3 is 9.22 Å². The number of fused-ring (bicyclic) bond motifs is 3. The Hall–Kier alpha value is -2.39. The molecule has 2 aromatic rings. The van der Waals surface area contributed by atoms with Crippen LogP contribution in [0, 0.1) is 0 Å². The van der Waals surface area contributed by atoms with Crippen LogP contribution in [0.1, 0.15) is 31.9 Å². The van der Waals surface area contributed by atoms with Crippen molar-refractivity contribution in [1.29, 1.82) is 0 Å². The fourth-order valence-electron chi connectivity index (χ4n) is 4.32. The molecule has 0 fully saturated rings. The molecule has 0 saturated carbocycles. The van der Waals surface area contributed by atoms with Gasteiger partial charge in [-0.25, -0.2) is 0 Å². The molecular weight excluding hydrogens is 334 g/mol. The van der Waals surface area contributed by atoms with Gasteiger partial charge >= 0.3 is 0 Å². The number of hydrogen-bond donors (Lipinski definition) is 0. The maximum Gasteiger partial charge on any atom is 0.211 e. The zero-order valence-electron chi connectivity index (χ0n) is 16.7. The van der Waals surface area contributed by atoms with Crippen molar-refractivity contribution in [3.8, 4) is 16.9 Å². The Labute approximate surface area is 162 Å². The summed E-state index contributed by atoms with van der Waals surface area (Å²) in [7, 11) is 0. The van der Waals surface area contributed by atoms with Gasteiger partial charge in [-0.15, -0.1) is 0 Å². The van der Waals surface area contributed by atoms with Crippen LogP contribution < -0.4 is 4.74 Å². The van der Waals surface area contributed by atoms with Crippen molar-refractivity contribution >= 4 is 5.78 Å². The highest BCUT2D eigenvalue weighted by atomic mass is 16.5. The first kappa shape index (κ1) is 19.4. The van der Waals surface area contributed by atoms with Gasteiger partial charge in [-0.05, 0) is 49.6 Å². The van der Waals surface area contributed by atoms with Crippen LogP contribution in [0.15, 0.2) is 55.1 Å². The molecule has 3 nitrogen and oxygen atoms in total. The molecule has 0 bridgehead atoms. The van der Waals surface area contributed by atoms with Gasteiger partial charge in [0.1, 0.15) is 24.9 Å². The molecular formula is C24H30NO2+. The number of carbonyl (C=O) groups excluding carboxylic acids is 1. The molecule has 0 radical (unpaired) electrons. The second-order valence-electron chi connectivity index (χ2n) is 7.32. The van der Waals surface area contributed by atoms with Gasteiger partial charge in [-0.3, -0.25) is 4.79 Å². The smallest absolute Gasteiger partial charge is 0.211 e. The van der Waals surface area contributed by atoms with Gasteiger partial charge in [0, 0.05) is 12.0 Å². The summed E-state index contributed by atoms with van der Waals surface area (Å²) in [4.78, 5) is 12.2. The first-order valence-electron chi connectivity index (χ1n) is 9.91. The topological polar surface area (TPSA) is 26.3 Å². The van der Waals surface area contributed by atoms with Crippen molar-refractivity contribution in [3.63, 3.8) is 0 Å². The van der Waals surface area contributed by atoms with Gasteiger partial charge in [-0.2, -0.15) is 0 Å². The first-order valence-corrected chi connectivity index (χ1v) is 9.91. The zero-order chi connectivity index (χ0) is 19.4. The van der Waals surface area contributed by atoms with E-state index in [-0.39, 0.29) is 11.8 Å². The van der Waals surface area contributed by atoms with E-state index in [4.69, 9.17) is 4.74 Å². The lowest BCUT2D eigenvalue weighted by molar-refractivity contribution is -0.937. The summed E-state index contributed by atoms with van der Waals surface area (Å²) in [6.45, 7) is 13.2. The third-order valence-electron chi connectivity index (χ3n) is 6.30.